The molecule has 0 aliphatic rings. The van der Waals surface area contributed by atoms with Gasteiger partial charge in [0.1, 0.15) is 5.82 Å². The van der Waals surface area contributed by atoms with E-state index in [2.05, 4.69) is 28.9 Å². The topological polar surface area (TPSA) is 34.0 Å². The van der Waals surface area contributed by atoms with Crippen molar-refractivity contribution in [3.8, 4) is 0 Å². The van der Waals surface area contributed by atoms with Crippen molar-refractivity contribution < 1.29 is 9.18 Å². The van der Waals surface area contributed by atoms with Crippen LogP contribution in [0.2, 0.25) is 0 Å². The first-order valence-electron chi connectivity index (χ1n) is 7.64. The second kappa shape index (κ2) is 6.24. The molecule has 118 valence electrons. The second-order valence-corrected chi connectivity index (χ2v) is 5.66. The quantitative estimate of drug-likeness (QED) is 0.785. The summed E-state index contributed by atoms with van der Waals surface area (Å²) in [4.78, 5) is 12.1. The van der Waals surface area contributed by atoms with Gasteiger partial charge in [0.05, 0.1) is 0 Å². The Morgan fingerprint density at radius 2 is 1.96 bits per heavy atom. The minimum absolute atomic E-state index is 0.248. The average Bonchev–Trinajstić information content (AvgIpc) is 2.80. The van der Waals surface area contributed by atoms with Gasteiger partial charge in [0.2, 0.25) is 0 Å². The second-order valence-electron chi connectivity index (χ2n) is 5.66. The van der Waals surface area contributed by atoms with E-state index in [-0.39, 0.29) is 5.91 Å². The number of para-hydroxylation sites is 1. The zero-order valence-electron chi connectivity index (χ0n) is 13.3. The third-order valence-corrected chi connectivity index (χ3v) is 4.28. The number of carbonyl (C=O) groups is 1. The van der Waals surface area contributed by atoms with E-state index in [0.29, 0.717) is 12.1 Å². The number of carbonyl (C=O) groups excluding carboxylic acids is 1. The summed E-state index contributed by atoms with van der Waals surface area (Å²) in [7, 11) is 2.05. The maximum atomic E-state index is 13.2. The van der Waals surface area contributed by atoms with Crippen LogP contribution in [-0.2, 0) is 13.5 Å². The molecular weight excluding hydrogens is 291 g/mol. The van der Waals surface area contributed by atoms with E-state index in [1.54, 1.807) is 12.1 Å². The van der Waals surface area contributed by atoms with Crippen molar-refractivity contribution in [3.63, 3.8) is 0 Å². The molecule has 23 heavy (non-hydrogen) atoms. The predicted octanol–water partition coefficient (Wildman–Crippen LogP) is 3.60. The minimum atomic E-state index is -0.400. The van der Waals surface area contributed by atoms with Crippen molar-refractivity contribution in [3.05, 3.63) is 71.2 Å². The Balaban J connectivity index is 1.72. The summed E-state index contributed by atoms with van der Waals surface area (Å²) in [5, 5.41) is 4.08. The number of hydrogen-bond donors (Lipinski definition) is 1. The summed E-state index contributed by atoms with van der Waals surface area (Å²) in [6, 6.07) is 14.0. The zero-order chi connectivity index (χ0) is 16.4. The van der Waals surface area contributed by atoms with Gasteiger partial charge < -0.3 is 9.88 Å². The largest absolute Gasteiger partial charge is 0.352 e. The van der Waals surface area contributed by atoms with Gasteiger partial charge in [-0.3, -0.25) is 4.79 Å². The molecule has 0 unspecified atom stereocenters. The SMILES string of the molecule is Cc1c(CCNC(=O)c2cccc(F)c2)c2ccccc2n1C. The number of benzene rings is 2. The first-order chi connectivity index (χ1) is 11.1. The van der Waals surface area contributed by atoms with Crippen molar-refractivity contribution in [2.75, 3.05) is 6.54 Å². The molecule has 0 aliphatic heterocycles. The molecule has 0 radical (unpaired) electrons. The molecule has 1 heterocycles. The molecule has 2 aromatic carbocycles. The molecule has 0 aliphatic carbocycles. The highest BCUT2D eigenvalue weighted by molar-refractivity contribution is 5.94. The van der Waals surface area contributed by atoms with Crippen LogP contribution in [0.25, 0.3) is 10.9 Å². The molecule has 0 atom stereocenters. The molecule has 3 rings (SSSR count). The highest BCUT2D eigenvalue weighted by Gasteiger charge is 2.12. The lowest BCUT2D eigenvalue weighted by atomic mass is 10.1. The van der Waals surface area contributed by atoms with Crippen LogP contribution >= 0.6 is 0 Å². The molecule has 1 aromatic heterocycles. The van der Waals surface area contributed by atoms with Gasteiger partial charge in [-0.1, -0.05) is 24.3 Å². The summed E-state index contributed by atoms with van der Waals surface area (Å²) in [6.07, 6.45) is 0.744. The number of nitrogens with one attached hydrogen (secondary N) is 1. The van der Waals surface area contributed by atoms with E-state index in [9.17, 15) is 9.18 Å². The number of hydrogen-bond acceptors (Lipinski definition) is 1. The molecule has 1 amide bonds. The van der Waals surface area contributed by atoms with Crippen LogP contribution in [0.1, 0.15) is 21.6 Å². The van der Waals surface area contributed by atoms with E-state index in [1.807, 2.05) is 19.2 Å². The van der Waals surface area contributed by atoms with E-state index in [1.165, 1.54) is 34.3 Å². The number of rotatable bonds is 4. The Hall–Kier alpha value is -2.62. The maximum Gasteiger partial charge on any atom is 0.251 e. The van der Waals surface area contributed by atoms with Crippen LogP contribution in [0, 0.1) is 12.7 Å². The van der Waals surface area contributed by atoms with Crippen molar-refractivity contribution in [2.24, 2.45) is 7.05 Å². The molecule has 4 heteroatoms. The standard InChI is InChI=1S/C19H19FN2O/c1-13-16(17-8-3-4-9-18(17)22(13)2)10-11-21-19(23)14-6-5-7-15(20)12-14/h3-9,12H,10-11H2,1-2H3,(H,21,23). The Morgan fingerprint density at radius 3 is 2.74 bits per heavy atom. The first kappa shape index (κ1) is 15.3. The Labute approximate surface area is 134 Å². The number of amides is 1. The summed E-state index contributed by atoms with van der Waals surface area (Å²) in [5.41, 5.74) is 3.98. The minimum Gasteiger partial charge on any atom is -0.352 e. The van der Waals surface area contributed by atoms with Crippen molar-refractivity contribution in [1.29, 1.82) is 0 Å². The third kappa shape index (κ3) is 2.97. The van der Waals surface area contributed by atoms with Crippen LogP contribution < -0.4 is 5.32 Å². The molecule has 1 N–H and O–H groups in total. The smallest absolute Gasteiger partial charge is 0.251 e. The Morgan fingerprint density at radius 1 is 1.17 bits per heavy atom. The molecule has 0 saturated carbocycles. The maximum absolute atomic E-state index is 13.2. The third-order valence-electron chi connectivity index (χ3n) is 4.28. The van der Waals surface area contributed by atoms with Gasteiger partial charge in [0.15, 0.2) is 0 Å². The van der Waals surface area contributed by atoms with Gasteiger partial charge in [-0.2, -0.15) is 0 Å². The summed E-state index contributed by atoms with van der Waals surface area (Å²) >= 11 is 0. The molecule has 0 saturated heterocycles. The average molecular weight is 310 g/mol. The van der Waals surface area contributed by atoms with Crippen molar-refractivity contribution in [1.82, 2.24) is 9.88 Å². The first-order valence-corrected chi connectivity index (χ1v) is 7.64. The number of fused-ring (bicyclic) bond motifs is 1. The normalized spacial score (nSPS) is 10.9. The molecular formula is C19H19FN2O. The summed E-state index contributed by atoms with van der Waals surface area (Å²) in [5.74, 6) is -0.648. The van der Waals surface area contributed by atoms with Crippen molar-refractivity contribution >= 4 is 16.8 Å². The van der Waals surface area contributed by atoms with Gasteiger partial charge in [0.25, 0.3) is 5.91 Å². The van der Waals surface area contributed by atoms with E-state index >= 15 is 0 Å². The summed E-state index contributed by atoms with van der Waals surface area (Å²) < 4.78 is 15.3. The lowest BCUT2D eigenvalue weighted by Gasteiger charge is -2.06. The number of aromatic nitrogens is 1. The zero-order valence-corrected chi connectivity index (χ0v) is 13.3. The highest BCUT2D eigenvalue weighted by Crippen LogP contribution is 2.24. The van der Waals surface area contributed by atoms with E-state index < -0.39 is 5.82 Å². The fraction of sp³-hybridized carbons (Fsp3) is 0.211. The van der Waals surface area contributed by atoms with Gasteiger partial charge in [-0.15, -0.1) is 0 Å². The number of halogens is 1. The number of aryl methyl sites for hydroxylation is 1. The fourth-order valence-electron chi connectivity index (χ4n) is 2.95. The molecule has 0 fully saturated rings. The Bertz CT molecular complexity index is 867. The van der Waals surface area contributed by atoms with Crippen molar-refractivity contribution in [2.45, 2.75) is 13.3 Å². The molecule has 0 spiro atoms. The fourth-order valence-corrected chi connectivity index (χ4v) is 2.95. The number of nitrogens with zero attached hydrogens (tertiary/aromatic N) is 1. The predicted molar refractivity (Wildman–Crippen MR) is 90.1 cm³/mol. The molecule has 3 aromatic rings. The Kier molecular flexibility index (Phi) is 4.15. The highest BCUT2D eigenvalue weighted by atomic mass is 19.1. The lowest BCUT2D eigenvalue weighted by Crippen LogP contribution is -2.25. The van der Waals surface area contributed by atoms with Crippen LogP contribution in [-0.4, -0.2) is 17.0 Å². The van der Waals surface area contributed by atoms with Crippen LogP contribution in [0.5, 0.6) is 0 Å². The van der Waals surface area contributed by atoms with Gasteiger partial charge >= 0.3 is 0 Å². The van der Waals surface area contributed by atoms with E-state index in [0.717, 1.165) is 6.42 Å². The summed E-state index contributed by atoms with van der Waals surface area (Å²) in [6.45, 7) is 2.61. The van der Waals surface area contributed by atoms with Crippen LogP contribution in [0.4, 0.5) is 4.39 Å². The monoisotopic (exact) mass is 310 g/mol. The molecule has 0 bridgehead atoms. The lowest BCUT2D eigenvalue weighted by molar-refractivity contribution is 0.0953. The van der Waals surface area contributed by atoms with Gasteiger partial charge in [-0.05, 0) is 43.2 Å². The van der Waals surface area contributed by atoms with Gasteiger partial charge in [-0.25, -0.2) is 4.39 Å². The van der Waals surface area contributed by atoms with E-state index in [4.69, 9.17) is 0 Å². The molecule has 3 nitrogen and oxygen atoms in total. The van der Waals surface area contributed by atoms with Crippen LogP contribution in [0.15, 0.2) is 48.5 Å². The van der Waals surface area contributed by atoms with Crippen LogP contribution in [0.3, 0.4) is 0 Å². The van der Waals surface area contributed by atoms with Gasteiger partial charge in [0, 0.05) is 35.8 Å².